The van der Waals surface area contributed by atoms with Crippen molar-refractivity contribution in [2.24, 2.45) is 5.73 Å². The molecule has 0 spiro atoms. The van der Waals surface area contributed by atoms with Gasteiger partial charge in [0.05, 0.1) is 30.4 Å². The summed E-state index contributed by atoms with van der Waals surface area (Å²) in [6.07, 6.45) is 3.44. The quantitative estimate of drug-likeness (QED) is 0.650. The van der Waals surface area contributed by atoms with Gasteiger partial charge in [-0.25, -0.2) is 19.7 Å². The van der Waals surface area contributed by atoms with Gasteiger partial charge in [-0.3, -0.25) is 0 Å². The fraction of sp³-hybridized carbons (Fsp3) is 0.333. The lowest BCUT2D eigenvalue weighted by molar-refractivity contribution is 0.0445. The van der Waals surface area contributed by atoms with E-state index in [1.54, 1.807) is 31.6 Å². The van der Waals surface area contributed by atoms with Gasteiger partial charge in [0.2, 0.25) is 5.88 Å². The number of rotatable bonds is 4. The summed E-state index contributed by atoms with van der Waals surface area (Å²) in [7, 11) is 1.57. The maximum Gasteiger partial charge on any atom is 0.340 e. The topological polar surface area (TPSA) is 112 Å². The molecule has 4 heterocycles. The van der Waals surface area contributed by atoms with Gasteiger partial charge in [0.25, 0.3) is 0 Å². The first kappa shape index (κ1) is 19.1. The van der Waals surface area contributed by atoms with E-state index in [1.165, 1.54) is 0 Å². The summed E-state index contributed by atoms with van der Waals surface area (Å²) < 4.78 is 10.5. The number of pyridine rings is 3. The Morgan fingerprint density at radius 2 is 2.00 bits per heavy atom. The summed E-state index contributed by atoms with van der Waals surface area (Å²) in [4.78, 5) is 25.4. The Kier molecular flexibility index (Phi) is 4.58. The first-order chi connectivity index (χ1) is 13.8. The molecule has 29 heavy (non-hydrogen) atoms. The van der Waals surface area contributed by atoms with Crippen LogP contribution in [-0.2, 0) is 10.3 Å². The fourth-order valence-electron chi connectivity index (χ4n) is 3.44. The number of fused-ring (bicyclic) bond motifs is 2. The molecule has 3 aromatic rings. The van der Waals surface area contributed by atoms with Crippen LogP contribution in [0.3, 0.4) is 0 Å². The molecule has 150 valence electrons. The van der Waals surface area contributed by atoms with Crippen LogP contribution in [0.5, 0.6) is 5.88 Å². The molecule has 0 amide bonds. The van der Waals surface area contributed by atoms with Gasteiger partial charge >= 0.3 is 5.97 Å². The maximum absolute atomic E-state index is 11.9. The van der Waals surface area contributed by atoms with Crippen LogP contribution in [0.1, 0.15) is 48.3 Å². The van der Waals surface area contributed by atoms with Gasteiger partial charge in [0, 0.05) is 23.9 Å². The zero-order valence-electron chi connectivity index (χ0n) is 16.8. The highest BCUT2D eigenvalue weighted by molar-refractivity contribution is 5.93. The summed E-state index contributed by atoms with van der Waals surface area (Å²) in [6.45, 7) is 6.16. The number of nitrogens with one attached hydrogen (secondary N) is 1. The Hall–Kier alpha value is -3.26. The number of aromatic nitrogens is 3. The number of nitrogens with zero attached hydrogens (tertiary/aromatic N) is 3. The van der Waals surface area contributed by atoms with Crippen molar-refractivity contribution in [2.75, 3.05) is 19.0 Å². The monoisotopic (exact) mass is 393 g/mol. The molecule has 0 aliphatic carbocycles. The molecule has 0 radical (unpaired) electrons. The van der Waals surface area contributed by atoms with Gasteiger partial charge in [-0.2, -0.15) is 0 Å². The van der Waals surface area contributed by atoms with Crippen molar-refractivity contribution < 1.29 is 14.3 Å². The van der Waals surface area contributed by atoms with E-state index in [4.69, 9.17) is 15.2 Å². The number of methoxy groups -OCH3 is 1. The highest BCUT2D eigenvalue weighted by Crippen LogP contribution is 2.33. The largest absolute Gasteiger partial charge is 0.481 e. The Labute approximate surface area is 168 Å². The number of cyclic esters (lactones) is 1. The molecule has 0 unspecified atom stereocenters. The molecular formula is C21H23N5O3. The lowest BCUT2D eigenvalue weighted by Gasteiger charge is -2.22. The predicted octanol–water partition coefficient (Wildman–Crippen LogP) is 3.24. The van der Waals surface area contributed by atoms with E-state index in [0.717, 1.165) is 22.0 Å². The van der Waals surface area contributed by atoms with E-state index in [-0.39, 0.29) is 11.9 Å². The Balaban J connectivity index is 1.76. The van der Waals surface area contributed by atoms with E-state index in [9.17, 15) is 4.79 Å². The van der Waals surface area contributed by atoms with Crippen molar-refractivity contribution >= 4 is 28.4 Å². The number of nitrogens with two attached hydrogens (primary N) is 1. The summed E-state index contributed by atoms with van der Waals surface area (Å²) in [5.41, 5.74) is 7.87. The molecular weight excluding hydrogens is 370 g/mol. The third kappa shape index (κ3) is 3.47. The van der Waals surface area contributed by atoms with Crippen LogP contribution < -0.4 is 15.8 Å². The zero-order chi connectivity index (χ0) is 20.8. The predicted molar refractivity (Wildman–Crippen MR) is 110 cm³/mol. The molecule has 1 atom stereocenters. The van der Waals surface area contributed by atoms with Crippen molar-refractivity contribution in [1.29, 1.82) is 0 Å². The number of ether oxygens (including phenoxy) is 2. The van der Waals surface area contributed by atoms with Crippen molar-refractivity contribution in [3.05, 3.63) is 47.4 Å². The Morgan fingerprint density at radius 1 is 1.21 bits per heavy atom. The second-order valence-electron chi connectivity index (χ2n) is 7.77. The lowest BCUT2D eigenvalue weighted by Crippen LogP contribution is -2.29. The van der Waals surface area contributed by atoms with Crippen LogP contribution in [0.2, 0.25) is 0 Å². The smallest absolute Gasteiger partial charge is 0.340 e. The Morgan fingerprint density at radius 3 is 2.72 bits per heavy atom. The molecule has 0 fully saturated rings. The molecule has 3 N–H and O–H groups in total. The molecule has 3 aromatic heterocycles. The highest BCUT2D eigenvalue weighted by Gasteiger charge is 2.26. The van der Waals surface area contributed by atoms with Crippen molar-refractivity contribution in [1.82, 2.24) is 15.0 Å². The molecule has 0 saturated carbocycles. The van der Waals surface area contributed by atoms with Crippen LogP contribution in [0.4, 0.5) is 11.6 Å². The van der Waals surface area contributed by atoms with E-state index in [0.29, 0.717) is 29.7 Å². The van der Waals surface area contributed by atoms with Crippen LogP contribution in [0, 0.1) is 0 Å². The van der Waals surface area contributed by atoms with E-state index in [1.807, 2.05) is 26.8 Å². The van der Waals surface area contributed by atoms with Gasteiger partial charge < -0.3 is 20.5 Å². The number of carbonyl (C=O) groups excluding carboxylic acids is 1. The van der Waals surface area contributed by atoms with Crippen LogP contribution in [0.25, 0.3) is 10.8 Å². The zero-order valence-corrected chi connectivity index (χ0v) is 16.8. The lowest BCUT2D eigenvalue weighted by atomic mass is 9.93. The fourth-order valence-corrected chi connectivity index (χ4v) is 3.44. The SMILES string of the molecule is COc1ncc(C(C)(C)N)c2cc(Nc3ccc4c(n3)[C@H](C)COC4=O)ncc12. The molecule has 1 aliphatic rings. The minimum absolute atomic E-state index is 0.0361. The second-order valence-corrected chi connectivity index (χ2v) is 7.77. The molecule has 8 heteroatoms. The number of anilines is 2. The van der Waals surface area contributed by atoms with E-state index < -0.39 is 5.54 Å². The third-order valence-electron chi connectivity index (χ3n) is 4.95. The number of hydrogen-bond donors (Lipinski definition) is 2. The molecule has 0 aromatic carbocycles. The maximum atomic E-state index is 11.9. The molecule has 0 saturated heterocycles. The summed E-state index contributed by atoms with van der Waals surface area (Å²) in [6, 6.07) is 5.37. The van der Waals surface area contributed by atoms with Gasteiger partial charge in [-0.05, 0) is 43.0 Å². The minimum atomic E-state index is -0.587. The average molecular weight is 393 g/mol. The second kappa shape index (κ2) is 6.97. The van der Waals surface area contributed by atoms with Crippen LogP contribution in [0.15, 0.2) is 30.6 Å². The first-order valence-electron chi connectivity index (χ1n) is 9.35. The standard InChI is InChI=1S/C21H23N5O3/c1-11-10-29-20(27)12-5-6-16(26-18(11)12)25-17-7-13-14(8-23-17)19(28-4)24-9-15(13)21(2,3)22/h5-9,11H,10,22H2,1-4H3,(H,23,25,26)/t11-/m1/s1. The molecule has 1 aliphatic heterocycles. The van der Waals surface area contributed by atoms with E-state index >= 15 is 0 Å². The molecule has 8 nitrogen and oxygen atoms in total. The normalized spacial score (nSPS) is 16.3. The number of esters is 1. The number of carbonyl (C=O) groups is 1. The first-order valence-corrected chi connectivity index (χ1v) is 9.35. The van der Waals surface area contributed by atoms with Crippen LogP contribution >= 0.6 is 0 Å². The van der Waals surface area contributed by atoms with Gasteiger partial charge in [-0.1, -0.05) is 6.92 Å². The van der Waals surface area contributed by atoms with Crippen molar-refractivity contribution in [2.45, 2.75) is 32.2 Å². The summed E-state index contributed by atoms with van der Waals surface area (Å²) >= 11 is 0. The Bertz CT molecular complexity index is 1110. The van der Waals surface area contributed by atoms with Gasteiger partial charge in [0.15, 0.2) is 0 Å². The number of hydrogen-bond acceptors (Lipinski definition) is 8. The van der Waals surface area contributed by atoms with Gasteiger partial charge in [-0.15, -0.1) is 0 Å². The molecule has 0 bridgehead atoms. The molecule has 4 rings (SSSR count). The summed E-state index contributed by atoms with van der Waals surface area (Å²) in [5, 5.41) is 4.90. The van der Waals surface area contributed by atoms with Crippen molar-refractivity contribution in [3.63, 3.8) is 0 Å². The van der Waals surface area contributed by atoms with E-state index in [2.05, 4.69) is 20.3 Å². The average Bonchev–Trinajstić information content (AvgIpc) is 2.69. The summed E-state index contributed by atoms with van der Waals surface area (Å²) in [5.74, 6) is 1.40. The van der Waals surface area contributed by atoms with Crippen molar-refractivity contribution in [3.8, 4) is 5.88 Å². The third-order valence-corrected chi connectivity index (χ3v) is 4.95. The highest BCUT2D eigenvalue weighted by atomic mass is 16.5. The van der Waals surface area contributed by atoms with Crippen LogP contribution in [-0.4, -0.2) is 34.6 Å². The van der Waals surface area contributed by atoms with Gasteiger partial charge in [0.1, 0.15) is 11.6 Å². The minimum Gasteiger partial charge on any atom is -0.481 e.